The topological polar surface area (TPSA) is 0 Å². The molecule has 0 saturated carbocycles. The molecule has 0 radical (unpaired) electrons. The fraction of sp³-hybridized carbons (Fsp3) is 0.176. The van der Waals surface area contributed by atoms with Crippen LogP contribution in [0.15, 0.2) is 48.5 Å². The standard InChI is InChI=1S/C17H15I/c1-11(2)16-12-7-3-5-9-14(12)17(18)15-10-6-4-8-13(15)16/h3-11H,1-2H3. The van der Waals surface area contributed by atoms with E-state index < -0.39 is 0 Å². The number of hydrogen-bond donors (Lipinski definition) is 0. The predicted molar refractivity (Wildman–Crippen MR) is 88.3 cm³/mol. The maximum absolute atomic E-state index is 2.48. The van der Waals surface area contributed by atoms with Gasteiger partial charge in [-0.3, -0.25) is 0 Å². The Bertz CT molecular complexity index is 669. The molecule has 0 atom stereocenters. The van der Waals surface area contributed by atoms with E-state index in [-0.39, 0.29) is 0 Å². The van der Waals surface area contributed by atoms with Crippen molar-refractivity contribution in [2.45, 2.75) is 19.8 Å². The summed E-state index contributed by atoms with van der Waals surface area (Å²) in [6.45, 7) is 4.56. The average Bonchev–Trinajstić information content (AvgIpc) is 2.39. The molecule has 0 aliphatic heterocycles. The molecule has 0 aliphatic rings. The summed E-state index contributed by atoms with van der Waals surface area (Å²) in [5.41, 5.74) is 1.47. The molecule has 0 unspecified atom stereocenters. The van der Waals surface area contributed by atoms with Gasteiger partial charge >= 0.3 is 0 Å². The van der Waals surface area contributed by atoms with Gasteiger partial charge in [-0.1, -0.05) is 62.4 Å². The van der Waals surface area contributed by atoms with Gasteiger partial charge in [0, 0.05) is 3.57 Å². The van der Waals surface area contributed by atoms with Crippen LogP contribution < -0.4 is 0 Å². The summed E-state index contributed by atoms with van der Waals surface area (Å²) in [6, 6.07) is 17.5. The molecule has 1 heteroatoms. The van der Waals surface area contributed by atoms with Crippen LogP contribution in [0.4, 0.5) is 0 Å². The van der Waals surface area contributed by atoms with Crippen molar-refractivity contribution in [3.8, 4) is 0 Å². The number of hydrogen-bond acceptors (Lipinski definition) is 0. The second-order valence-corrected chi connectivity index (χ2v) is 6.05. The Labute approximate surface area is 121 Å². The molecule has 0 nitrogen and oxygen atoms in total. The lowest BCUT2D eigenvalue weighted by atomic mass is 9.90. The molecule has 0 N–H and O–H groups in total. The Morgan fingerprint density at radius 2 is 1.11 bits per heavy atom. The van der Waals surface area contributed by atoms with E-state index in [1.54, 1.807) is 0 Å². The molecule has 0 heterocycles. The fourth-order valence-corrected chi connectivity index (χ4v) is 3.67. The molecule has 3 aromatic rings. The van der Waals surface area contributed by atoms with E-state index in [0.717, 1.165) is 0 Å². The Balaban J connectivity index is 2.63. The zero-order chi connectivity index (χ0) is 12.7. The van der Waals surface area contributed by atoms with Gasteiger partial charge in [-0.15, -0.1) is 0 Å². The molecule has 90 valence electrons. The van der Waals surface area contributed by atoms with Crippen LogP contribution in [0.3, 0.4) is 0 Å². The van der Waals surface area contributed by atoms with Crippen molar-refractivity contribution in [1.29, 1.82) is 0 Å². The van der Waals surface area contributed by atoms with E-state index in [2.05, 4.69) is 85.0 Å². The van der Waals surface area contributed by atoms with Crippen molar-refractivity contribution < 1.29 is 0 Å². The summed E-state index contributed by atoms with van der Waals surface area (Å²) in [5.74, 6) is 0.539. The maximum atomic E-state index is 2.48. The van der Waals surface area contributed by atoms with Crippen LogP contribution in [0.25, 0.3) is 21.5 Å². The Hall–Kier alpha value is -1.09. The monoisotopic (exact) mass is 346 g/mol. The Morgan fingerprint density at radius 1 is 0.722 bits per heavy atom. The third-order valence-electron chi connectivity index (χ3n) is 3.48. The predicted octanol–water partition coefficient (Wildman–Crippen LogP) is 5.72. The van der Waals surface area contributed by atoms with E-state index in [0.29, 0.717) is 5.92 Å². The molecule has 3 aromatic carbocycles. The highest BCUT2D eigenvalue weighted by Gasteiger charge is 2.13. The van der Waals surface area contributed by atoms with Crippen LogP contribution in [0, 0.1) is 3.57 Å². The molecule has 0 spiro atoms. The summed E-state index contributed by atoms with van der Waals surface area (Å²) in [6.07, 6.45) is 0. The minimum absolute atomic E-state index is 0.539. The highest BCUT2D eigenvalue weighted by atomic mass is 127. The quantitative estimate of drug-likeness (QED) is 0.390. The minimum atomic E-state index is 0.539. The lowest BCUT2D eigenvalue weighted by Crippen LogP contribution is -1.94. The van der Waals surface area contributed by atoms with Crippen LogP contribution >= 0.6 is 22.6 Å². The second-order valence-electron chi connectivity index (χ2n) is 4.97. The van der Waals surface area contributed by atoms with Crippen molar-refractivity contribution >= 4 is 44.1 Å². The lowest BCUT2D eigenvalue weighted by molar-refractivity contribution is 0.885. The SMILES string of the molecule is CC(C)c1c2ccccc2c(I)c2ccccc12. The van der Waals surface area contributed by atoms with Crippen molar-refractivity contribution in [2.24, 2.45) is 0 Å². The largest absolute Gasteiger partial charge is 0.0616 e. The van der Waals surface area contributed by atoms with E-state index >= 15 is 0 Å². The maximum Gasteiger partial charge on any atom is 0.0287 e. The molecular weight excluding hydrogens is 331 g/mol. The number of benzene rings is 3. The van der Waals surface area contributed by atoms with Gasteiger partial charge in [0.1, 0.15) is 0 Å². The number of rotatable bonds is 1. The summed E-state index contributed by atoms with van der Waals surface area (Å²) in [4.78, 5) is 0. The zero-order valence-corrected chi connectivity index (χ0v) is 12.7. The van der Waals surface area contributed by atoms with E-state index in [1.165, 1.54) is 30.7 Å². The van der Waals surface area contributed by atoms with E-state index in [1.807, 2.05) is 0 Å². The first kappa shape index (κ1) is 12.0. The van der Waals surface area contributed by atoms with Gasteiger partial charge in [0.25, 0.3) is 0 Å². The van der Waals surface area contributed by atoms with Crippen LogP contribution in [-0.4, -0.2) is 0 Å². The normalized spacial score (nSPS) is 11.6. The first-order chi connectivity index (χ1) is 8.70. The van der Waals surface area contributed by atoms with Gasteiger partial charge in [0.15, 0.2) is 0 Å². The van der Waals surface area contributed by atoms with Crippen LogP contribution in [-0.2, 0) is 0 Å². The lowest BCUT2D eigenvalue weighted by Gasteiger charge is -2.16. The third-order valence-corrected chi connectivity index (χ3v) is 4.65. The fourth-order valence-electron chi connectivity index (χ4n) is 2.73. The van der Waals surface area contributed by atoms with Gasteiger partial charge in [-0.25, -0.2) is 0 Å². The molecule has 0 fully saturated rings. The highest BCUT2D eigenvalue weighted by Crippen LogP contribution is 2.37. The molecular formula is C17H15I. The van der Waals surface area contributed by atoms with Gasteiger partial charge in [-0.2, -0.15) is 0 Å². The van der Waals surface area contributed by atoms with E-state index in [9.17, 15) is 0 Å². The summed E-state index contributed by atoms with van der Waals surface area (Å²) in [5, 5.41) is 5.55. The molecule has 0 bridgehead atoms. The van der Waals surface area contributed by atoms with E-state index in [4.69, 9.17) is 0 Å². The summed E-state index contributed by atoms with van der Waals surface area (Å²) >= 11 is 2.48. The Kier molecular flexibility index (Phi) is 3.02. The van der Waals surface area contributed by atoms with Crippen molar-refractivity contribution in [1.82, 2.24) is 0 Å². The van der Waals surface area contributed by atoms with Crippen LogP contribution in [0.2, 0.25) is 0 Å². The molecule has 0 aromatic heterocycles. The second kappa shape index (κ2) is 4.54. The minimum Gasteiger partial charge on any atom is -0.0616 e. The van der Waals surface area contributed by atoms with Gasteiger partial charge < -0.3 is 0 Å². The molecule has 3 rings (SSSR count). The number of fused-ring (bicyclic) bond motifs is 2. The third kappa shape index (κ3) is 1.72. The van der Waals surface area contributed by atoms with Crippen molar-refractivity contribution in [3.63, 3.8) is 0 Å². The van der Waals surface area contributed by atoms with Gasteiger partial charge in [-0.05, 0) is 55.6 Å². The first-order valence-electron chi connectivity index (χ1n) is 6.29. The smallest absolute Gasteiger partial charge is 0.0287 e. The first-order valence-corrected chi connectivity index (χ1v) is 7.37. The highest BCUT2D eigenvalue weighted by molar-refractivity contribution is 14.1. The average molecular weight is 346 g/mol. The molecule has 18 heavy (non-hydrogen) atoms. The Morgan fingerprint density at radius 3 is 1.50 bits per heavy atom. The zero-order valence-electron chi connectivity index (χ0n) is 10.6. The van der Waals surface area contributed by atoms with Gasteiger partial charge in [0.05, 0.1) is 0 Å². The molecule has 0 amide bonds. The summed E-state index contributed by atoms with van der Waals surface area (Å²) < 4.78 is 1.36. The summed E-state index contributed by atoms with van der Waals surface area (Å²) in [7, 11) is 0. The molecule has 0 aliphatic carbocycles. The van der Waals surface area contributed by atoms with Crippen molar-refractivity contribution in [2.75, 3.05) is 0 Å². The molecule has 0 saturated heterocycles. The van der Waals surface area contributed by atoms with Crippen molar-refractivity contribution in [3.05, 3.63) is 57.7 Å². The van der Waals surface area contributed by atoms with Crippen LogP contribution in [0.5, 0.6) is 0 Å². The van der Waals surface area contributed by atoms with Crippen LogP contribution in [0.1, 0.15) is 25.3 Å². The van der Waals surface area contributed by atoms with Gasteiger partial charge in [0.2, 0.25) is 0 Å². The number of halogens is 1.